The third-order valence-electron chi connectivity index (χ3n) is 2.84. The smallest absolute Gasteiger partial charge is 0.223 e. The van der Waals surface area contributed by atoms with Gasteiger partial charge in [0.2, 0.25) is 11.8 Å². The third kappa shape index (κ3) is 5.03. The van der Waals surface area contributed by atoms with Crippen LogP contribution in [0, 0.1) is 0 Å². The number of hydrogen-bond acceptors (Lipinski definition) is 3. The first-order valence-corrected chi connectivity index (χ1v) is 7.57. The summed E-state index contributed by atoms with van der Waals surface area (Å²) in [5.41, 5.74) is 0.809. The van der Waals surface area contributed by atoms with Gasteiger partial charge in [-0.05, 0) is 17.9 Å². The minimum Gasteiger partial charge on any atom is -0.316 e. The molecule has 1 rings (SSSR count). The summed E-state index contributed by atoms with van der Waals surface area (Å²) in [6, 6.07) is 1.89. The summed E-state index contributed by atoms with van der Waals surface area (Å²) < 4.78 is 0. The van der Waals surface area contributed by atoms with E-state index in [1.54, 1.807) is 11.8 Å². The Hall–Kier alpha value is -1.36. The van der Waals surface area contributed by atoms with Crippen molar-refractivity contribution >= 4 is 33.8 Å². The lowest BCUT2D eigenvalue weighted by Crippen LogP contribution is -2.30. The Morgan fingerprint density at radius 2 is 2.00 bits per heavy atom. The highest BCUT2D eigenvalue weighted by Gasteiger charge is 2.16. The van der Waals surface area contributed by atoms with Gasteiger partial charge in [0.25, 0.3) is 0 Å². The molecule has 19 heavy (non-hydrogen) atoms. The Balaban J connectivity index is 2.73. The molecule has 5 heteroatoms. The van der Waals surface area contributed by atoms with Crippen molar-refractivity contribution in [1.29, 1.82) is 0 Å². The largest absolute Gasteiger partial charge is 0.316 e. The molecule has 0 atom stereocenters. The number of anilines is 2. The monoisotopic (exact) mass is 282 g/mol. The number of hydrogen-bond donors (Lipinski definition) is 1. The number of nitrogens with zero attached hydrogens (tertiary/aromatic N) is 1. The van der Waals surface area contributed by atoms with E-state index < -0.39 is 0 Å². The summed E-state index contributed by atoms with van der Waals surface area (Å²) in [6.07, 6.45) is 4.48. The zero-order valence-corrected chi connectivity index (χ0v) is 12.7. The van der Waals surface area contributed by atoms with Gasteiger partial charge in [0.1, 0.15) is 5.00 Å². The molecule has 1 heterocycles. The average molecular weight is 282 g/mol. The maximum atomic E-state index is 11.8. The van der Waals surface area contributed by atoms with Crippen LogP contribution in [-0.4, -0.2) is 18.4 Å². The van der Waals surface area contributed by atoms with Gasteiger partial charge in [0.15, 0.2) is 0 Å². The number of rotatable bonds is 7. The van der Waals surface area contributed by atoms with Crippen LogP contribution in [0.15, 0.2) is 11.4 Å². The maximum absolute atomic E-state index is 11.8. The van der Waals surface area contributed by atoms with Crippen LogP contribution in [0.5, 0.6) is 0 Å². The topological polar surface area (TPSA) is 49.4 Å². The van der Waals surface area contributed by atoms with Gasteiger partial charge in [0.05, 0.1) is 5.69 Å². The molecule has 0 aromatic carbocycles. The average Bonchev–Trinajstić information content (AvgIpc) is 2.75. The van der Waals surface area contributed by atoms with Crippen molar-refractivity contribution in [3.63, 3.8) is 0 Å². The molecule has 106 valence electrons. The lowest BCUT2D eigenvalue weighted by molar-refractivity contribution is -0.117. The highest BCUT2D eigenvalue weighted by Crippen LogP contribution is 2.32. The zero-order chi connectivity index (χ0) is 14.3. The number of amides is 2. The zero-order valence-electron chi connectivity index (χ0n) is 11.9. The third-order valence-corrected chi connectivity index (χ3v) is 3.66. The Morgan fingerprint density at radius 1 is 1.26 bits per heavy atom. The molecular formula is C14H22N2O2S. The molecule has 1 aromatic rings. The predicted octanol–water partition coefficient (Wildman–Crippen LogP) is 3.64. The van der Waals surface area contributed by atoms with Gasteiger partial charge in [-0.1, -0.05) is 26.2 Å². The molecule has 1 N–H and O–H groups in total. The molecule has 0 aliphatic rings. The number of carbonyl (C=O) groups is 2. The lowest BCUT2D eigenvalue weighted by Gasteiger charge is -2.21. The van der Waals surface area contributed by atoms with Crippen molar-refractivity contribution < 1.29 is 9.59 Å². The van der Waals surface area contributed by atoms with E-state index in [1.165, 1.54) is 31.1 Å². The molecule has 2 amide bonds. The molecule has 0 saturated heterocycles. The highest BCUT2D eigenvalue weighted by atomic mass is 32.1. The van der Waals surface area contributed by atoms with E-state index in [-0.39, 0.29) is 11.8 Å². The summed E-state index contributed by atoms with van der Waals surface area (Å²) >= 11 is 1.44. The maximum Gasteiger partial charge on any atom is 0.223 e. The van der Waals surface area contributed by atoms with Gasteiger partial charge in [-0.3, -0.25) is 9.59 Å². The van der Waals surface area contributed by atoms with Gasteiger partial charge in [0, 0.05) is 20.4 Å². The van der Waals surface area contributed by atoms with Gasteiger partial charge in [-0.25, -0.2) is 0 Å². The van der Waals surface area contributed by atoms with E-state index in [0.717, 1.165) is 23.5 Å². The predicted molar refractivity (Wildman–Crippen MR) is 80.8 cm³/mol. The minimum absolute atomic E-state index is 0.0153. The van der Waals surface area contributed by atoms with E-state index >= 15 is 0 Å². The van der Waals surface area contributed by atoms with Crippen molar-refractivity contribution in [3.8, 4) is 0 Å². The SMILES string of the molecule is CCCCCCN(C(C)=O)c1ccsc1NC(C)=O. The van der Waals surface area contributed by atoms with Crippen molar-refractivity contribution in [1.82, 2.24) is 0 Å². The number of nitrogens with one attached hydrogen (secondary N) is 1. The summed E-state index contributed by atoms with van der Waals surface area (Å²) in [5, 5.41) is 5.42. The van der Waals surface area contributed by atoms with Gasteiger partial charge in [-0.2, -0.15) is 0 Å². The molecule has 0 saturated carbocycles. The number of carbonyl (C=O) groups excluding carboxylic acids is 2. The van der Waals surface area contributed by atoms with E-state index in [1.807, 2.05) is 11.4 Å². The van der Waals surface area contributed by atoms with Crippen LogP contribution < -0.4 is 10.2 Å². The molecule has 0 unspecified atom stereocenters. The number of unbranched alkanes of at least 4 members (excludes halogenated alkanes) is 3. The van der Waals surface area contributed by atoms with Gasteiger partial charge in [-0.15, -0.1) is 11.3 Å². The lowest BCUT2D eigenvalue weighted by atomic mass is 10.2. The van der Waals surface area contributed by atoms with E-state index in [2.05, 4.69) is 12.2 Å². The number of thiophene rings is 1. The van der Waals surface area contributed by atoms with Crippen molar-refractivity contribution in [2.45, 2.75) is 46.5 Å². The highest BCUT2D eigenvalue weighted by molar-refractivity contribution is 7.15. The van der Waals surface area contributed by atoms with Gasteiger partial charge >= 0.3 is 0 Å². The quantitative estimate of drug-likeness (QED) is 0.776. The Morgan fingerprint density at radius 3 is 2.58 bits per heavy atom. The van der Waals surface area contributed by atoms with Crippen LogP contribution in [0.4, 0.5) is 10.7 Å². The van der Waals surface area contributed by atoms with Crippen LogP contribution >= 0.6 is 11.3 Å². The Labute approximate surface area is 118 Å². The van der Waals surface area contributed by atoms with E-state index in [9.17, 15) is 9.59 Å². The fourth-order valence-corrected chi connectivity index (χ4v) is 2.75. The fraction of sp³-hybridized carbons (Fsp3) is 0.571. The molecule has 0 aliphatic carbocycles. The molecule has 4 nitrogen and oxygen atoms in total. The van der Waals surface area contributed by atoms with E-state index in [4.69, 9.17) is 0 Å². The molecule has 0 spiro atoms. The van der Waals surface area contributed by atoms with Crippen LogP contribution in [0.3, 0.4) is 0 Å². The van der Waals surface area contributed by atoms with Gasteiger partial charge < -0.3 is 10.2 Å². The first-order valence-electron chi connectivity index (χ1n) is 6.69. The second-order valence-electron chi connectivity index (χ2n) is 4.55. The van der Waals surface area contributed by atoms with Crippen LogP contribution in [-0.2, 0) is 9.59 Å². The summed E-state index contributed by atoms with van der Waals surface area (Å²) in [5.74, 6) is -0.0975. The van der Waals surface area contributed by atoms with Crippen LogP contribution in [0.25, 0.3) is 0 Å². The first-order chi connectivity index (χ1) is 9.06. The Bertz CT molecular complexity index is 429. The minimum atomic E-state index is -0.113. The summed E-state index contributed by atoms with van der Waals surface area (Å²) in [7, 11) is 0. The van der Waals surface area contributed by atoms with Crippen LogP contribution in [0.2, 0.25) is 0 Å². The first kappa shape index (κ1) is 15.7. The van der Waals surface area contributed by atoms with E-state index in [0.29, 0.717) is 6.54 Å². The van der Waals surface area contributed by atoms with Crippen molar-refractivity contribution in [3.05, 3.63) is 11.4 Å². The van der Waals surface area contributed by atoms with Crippen molar-refractivity contribution in [2.75, 3.05) is 16.8 Å². The molecule has 1 aromatic heterocycles. The molecular weight excluding hydrogens is 260 g/mol. The normalized spacial score (nSPS) is 10.3. The molecule has 0 radical (unpaired) electrons. The fourth-order valence-electron chi connectivity index (χ4n) is 1.91. The molecule has 0 bridgehead atoms. The van der Waals surface area contributed by atoms with Crippen LogP contribution in [0.1, 0.15) is 46.5 Å². The summed E-state index contributed by atoms with van der Waals surface area (Å²) in [4.78, 5) is 24.7. The second-order valence-corrected chi connectivity index (χ2v) is 5.46. The Kier molecular flexibility index (Phi) is 6.56. The standard InChI is InChI=1S/C14H22N2O2S/c1-4-5-6-7-9-16(12(3)18)13-8-10-19-14(13)15-11(2)17/h8,10H,4-7,9H2,1-3H3,(H,15,17). The summed E-state index contributed by atoms with van der Waals surface area (Å²) in [6.45, 7) is 5.91. The molecule has 0 aliphatic heterocycles. The second kappa shape index (κ2) is 7.94. The van der Waals surface area contributed by atoms with Crippen molar-refractivity contribution in [2.24, 2.45) is 0 Å². The molecule has 0 fully saturated rings.